The standard InChI is InChI=1S/C5H8N4O2S/c1-2(3(10)11)12-5-7-4(6)8-9-5/h2H,1H3,(H,10,11)(H3,6,7,8,9)/t2-/m1/s1. The Hall–Kier alpha value is -1.24. The molecule has 0 radical (unpaired) electrons. The summed E-state index contributed by atoms with van der Waals surface area (Å²) in [6.45, 7) is 1.56. The predicted octanol–water partition coefficient (Wildman–Crippen LogP) is -0.0479. The van der Waals surface area contributed by atoms with Gasteiger partial charge in [-0.15, -0.1) is 5.10 Å². The molecule has 1 rings (SSSR count). The van der Waals surface area contributed by atoms with Gasteiger partial charge < -0.3 is 10.8 Å². The topological polar surface area (TPSA) is 105 Å². The average molecular weight is 188 g/mol. The Bertz CT molecular complexity index is 287. The largest absolute Gasteiger partial charge is 0.480 e. The van der Waals surface area contributed by atoms with E-state index in [2.05, 4.69) is 15.2 Å². The summed E-state index contributed by atoms with van der Waals surface area (Å²) in [5, 5.41) is 14.4. The van der Waals surface area contributed by atoms with Gasteiger partial charge in [-0.2, -0.15) is 4.98 Å². The van der Waals surface area contributed by atoms with Crippen LogP contribution in [0, 0.1) is 0 Å². The van der Waals surface area contributed by atoms with E-state index in [0.29, 0.717) is 5.16 Å². The van der Waals surface area contributed by atoms with Crippen LogP contribution >= 0.6 is 11.8 Å². The highest BCUT2D eigenvalue weighted by Crippen LogP contribution is 2.18. The molecular weight excluding hydrogens is 180 g/mol. The second-order valence-electron chi connectivity index (χ2n) is 2.10. The number of rotatable bonds is 3. The van der Waals surface area contributed by atoms with E-state index in [4.69, 9.17) is 10.8 Å². The van der Waals surface area contributed by atoms with Crippen molar-refractivity contribution in [2.75, 3.05) is 5.73 Å². The molecule has 0 aliphatic carbocycles. The Morgan fingerprint density at radius 1 is 1.83 bits per heavy atom. The third kappa shape index (κ3) is 2.12. The highest BCUT2D eigenvalue weighted by molar-refractivity contribution is 8.00. The van der Waals surface area contributed by atoms with Gasteiger partial charge in [0.25, 0.3) is 0 Å². The van der Waals surface area contributed by atoms with Crippen LogP contribution in [-0.2, 0) is 4.79 Å². The summed E-state index contributed by atoms with van der Waals surface area (Å²) in [7, 11) is 0. The molecule has 12 heavy (non-hydrogen) atoms. The molecule has 7 heteroatoms. The Labute approximate surface area is 72.6 Å². The maximum absolute atomic E-state index is 10.4. The first-order valence-electron chi connectivity index (χ1n) is 3.17. The second-order valence-corrected chi connectivity index (χ2v) is 3.41. The first-order chi connectivity index (χ1) is 5.59. The number of nitrogens with one attached hydrogen (secondary N) is 1. The minimum atomic E-state index is -0.900. The van der Waals surface area contributed by atoms with Crippen molar-refractivity contribution in [2.45, 2.75) is 17.3 Å². The van der Waals surface area contributed by atoms with Crippen molar-refractivity contribution in [1.29, 1.82) is 0 Å². The monoisotopic (exact) mass is 188 g/mol. The molecule has 4 N–H and O–H groups in total. The van der Waals surface area contributed by atoms with Gasteiger partial charge in [-0.05, 0) is 6.92 Å². The number of thioether (sulfide) groups is 1. The summed E-state index contributed by atoms with van der Waals surface area (Å²) in [4.78, 5) is 14.1. The van der Waals surface area contributed by atoms with Gasteiger partial charge in [0, 0.05) is 0 Å². The zero-order chi connectivity index (χ0) is 9.14. The SMILES string of the molecule is C[C@@H](Sc1n[nH]c(N)n1)C(=O)O. The maximum Gasteiger partial charge on any atom is 0.316 e. The lowest BCUT2D eigenvalue weighted by atomic mass is 10.5. The molecule has 0 spiro atoms. The van der Waals surface area contributed by atoms with Crippen LogP contribution in [0.3, 0.4) is 0 Å². The van der Waals surface area contributed by atoms with Gasteiger partial charge in [-0.3, -0.25) is 4.79 Å². The molecule has 1 aromatic heterocycles. The van der Waals surface area contributed by atoms with E-state index in [1.165, 1.54) is 0 Å². The van der Waals surface area contributed by atoms with Crippen LogP contribution in [0.25, 0.3) is 0 Å². The zero-order valence-corrected chi connectivity index (χ0v) is 7.13. The van der Waals surface area contributed by atoms with E-state index in [0.717, 1.165) is 11.8 Å². The lowest BCUT2D eigenvalue weighted by molar-refractivity contribution is -0.136. The van der Waals surface area contributed by atoms with Crippen molar-refractivity contribution in [3.63, 3.8) is 0 Å². The first-order valence-corrected chi connectivity index (χ1v) is 4.05. The molecule has 0 aliphatic heterocycles. The van der Waals surface area contributed by atoms with Crippen LogP contribution in [0.1, 0.15) is 6.92 Å². The molecule has 6 nitrogen and oxygen atoms in total. The van der Waals surface area contributed by atoms with Crippen LogP contribution in [0.15, 0.2) is 5.16 Å². The summed E-state index contributed by atoms with van der Waals surface area (Å²) < 4.78 is 0. The smallest absolute Gasteiger partial charge is 0.316 e. The number of hydrogen-bond donors (Lipinski definition) is 3. The number of aliphatic carboxylic acids is 1. The molecule has 0 bridgehead atoms. The molecular formula is C5H8N4O2S. The number of aromatic nitrogens is 3. The number of carbonyl (C=O) groups is 1. The number of H-pyrrole nitrogens is 1. The molecule has 1 atom stereocenters. The summed E-state index contributed by atoms with van der Waals surface area (Å²) >= 11 is 1.04. The van der Waals surface area contributed by atoms with Crippen LogP contribution < -0.4 is 5.73 Å². The Morgan fingerprint density at radius 2 is 2.50 bits per heavy atom. The van der Waals surface area contributed by atoms with E-state index in [1.54, 1.807) is 6.92 Å². The average Bonchev–Trinajstić information content (AvgIpc) is 2.35. The summed E-state index contributed by atoms with van der Waals surface area (Å²) in [5.41, 5.74) is 5.24. The third-order valence-electron chi connectivity index (χ3n) is 1.11. The molecule has 0 saturated heterocycles. The highest BCUT2D eigenvalue weighted by atomic mass is 32.2. The van der Waals surface area contributed by atoms with E-state index in [9.17, 15) is 4.79 Å². The molecule has 1 heterocycles. The van der Waals surface area contributed by atoms with Gasteiger partial charge in [0.15, 0.2) is 0 Å². The highest BCUT2D eigenvalue weighted by Gasteiger charge is 2.14. The number of hydrogen-bond acceptors (Lipinski definition) is 5. The first kappa shape index (κ1) is 8.85. The van der Waals surface area contributed by atoms with Crippen molar-refractivity contribution in [3.05, 3.63) is 0 Å². The molecule has 0 unspecified atom stereocenters. The van der Waals surface area contributed by atoms with Crippen LogP contribution in [0.2, 0.25) is 0 Å². The Balaban J connectivity index is 2.58. The van der Waals surface area contributed by atoms with Gasteiger partial charge >= 0.3 is 5.97 Å². The number of carboxylic acids is 1. The second kappa shape index (κ2) is 3.44. The van der Waals surface area contributed by atoms with Gasteiger partial charge in [0.05, 0.1) is 0 Å². The maximum atomic E-state index is 10.4. The quantitative estimate of drug-likeness (QED) is 0.574. The predicted molar refractivity (Wildman–Crippen MR) is 43.7 cm³/mol. The number of nitrogens with zero attached hydrogens (tertiary/aromatic N) is 2. The minimum Gasteiger partial charge on any atom is -0.480 e. The van der Waals surface area contributed by atoms with E-state index < -0.39 is 11.2 Å². The minimum absolute atomic E-state index is 0.190. The molecule has 0 fully saturated rings. The normalized spacial score (nSPS) is 12.8. The van der Waals surface area contributed by atoms with Crippen LogP contribution in [-0.4, -0.2) is 31.5 Å². The molecule has 66 valence electrons. The van der Waals surface area contributed by atoms with Crippen molar-refractivity contribution < 1.29 is 9.90 Å². The van der Waals surface area contributed by atoms with Gasteiger partial charge in [0.2, 0.25) is 11.1 Å². The molecule has 0 aliphatic rings. The van der Waals surface area contributed by atoms with Crippen LogP contribution in [0.5, 0.6) is 0 Å². The lowest BCUT2D eigenvalue weighted by Gasteiger charge is -1.99. The van der Waals surface area contributed by atoms with Gasteiger partial charge in [0.1, 0.15) is 5.25 Å². The summed E-state index contributed by atoms with van der Waals surface area (Å²) in [5.74, 6) is -0.710. The lowest BCUT2D eigenvalue weighted by Crippen LogP contribution is -2.11. The number of nitrogens with two attached hydrogens (primary N) is 1. The van der Waals surface area contributed by atoms with E-state index >= 15 is 0 Å². The number of aromatic amines is 1. The van der Waals surface area contributed by atoms with Crippen molar-refractivity contribution in [3.8, 4) is 0 Å². The zero-order valence-electron chi connectivity index (χ0n) is 6.31. The van der Waals surface area contributed by atoms with E-state index in [1.807, 2.05) is 0 Å². The van der Waals surface area contributed by atoms with Gasteiger partial charge in [-0.1, -0.05) is 11.8 Å². The third-order valence-corrected chi connectivity index (χ3v) is 2.06. The van der Waals surface area contributed by atoms with Gasteiger partial charge in [-0.25, -0.2) is 5.10 Å². The summed E-state index contributed by atoms with van der Waals surface area (Å²) in [6.07, 6.45) is 0. The number of carboxylic acid groups (broad SMARTS) is 1. The summed E-state index contributed by atoms with van der Waals surface area (Å²) in [6, 6.07) is 0. The molecule has 0 amide bonds. The fraction of sp³-hybridized carbons (Fsp3) is 0.400. The van der Waals surface area contributed by atoms with Crippen LogP contribution in [0.4, 0.5) is 5.95 Å². The molecule has 0 saturated carbocycles. The van der Waals surface area contributed by atoms with Crippen molar-refractivity contribution in [1.82, 2.24) is 15.2 Å². The fourth-order valence-electron chi connectivity index (χ4n) is 0.519. The number of anilines is 1. The Morgan fingerprint density at radius 3 is 2.92 bits per heavy atom. The van der Waals surface area contributed by atoms with Crippen molar-refractivity contribution >= 4 is 23.7 Å². The fourth-order valence-corrected chi connectivity index (χ4v) is 1.19. The molecule has 1 aromatic rings. The molecule has 0 aromatic carbocycles. The Kier molecular flexibility index (Phi) is 2.54. The van der Waals surface area contributed by atoms with Crippen molar-refractivity contribution in [2.24, 2.45) is 0 Å². The number of nitrogen functional groups attached to an aromatic ring is 1. The van der Waals surface area contributed by atoms with E-state index in [-0.39, 0.29) is 5.95 Å².